The minimum Gasteiger partial charge on any atom is -0.508 e. The van der Waals surface area contributed by atoms with Crippen molar-refractivity contribution in [3.8, 4) is 11.5 Å². The van der Waals surface area contributed by atoms with E-state index in [9.17, 15) is 15.0 Å². The molecule has 0 aromatic heterocycles. The van der Waals surface area contributed by atoms with Gasteiger partial charge in [-0.15, -0.1) is 0 Å². The average molecular weight is 326 g/mol. The van der Waals surface area contributed by atoms with Crippen molar-refractivity contribution >= 4 is 29.1 Å². The van der Waals surface area contributed by atoms with Crippen molar-refractivity contribution in [3.05, 3.63) is 57.6 Å². The van der Waals surface area contributed by atoms with E-state index in [2.05, 4.69) is 5.32 Å². The molecule has 1 unspecified atom stereocenters. The number of aromatic hydroxyl groups is 2. The molecule has 0 radical (unpaired) electrons. The molecule has 2 rings (SSSR count). The predicted molar refractivity (Wildman–Crippen MR) is 82.1 cm³/mol. The third-order valence-electron chi connectivity index (χ3n) is 2.94. The minimum absolute atomic E-state index is 0.157. The van der Waals surface area contributed by atoms with E-state index in [-0.39, 0.29) is 23.1 Å². The van der Waals surface area contributed by atoms with Crippen LogP contribution in [0.5, 0.6) is 11.5 Å². The monoisotopic (exact) mass is 325 g/mol. The van der Waals surface area contributed by atoms with E-state index in [1.54, 1.807) is 25.1 Å². The van der Waals surface area contributed by atoms with Crippen molar-refractivity contribution in [3.63, 3.8) is 0 Å². The van der Waals surface area contributed by atoms with Crippen LogP contribution in [0.1, 0.15) is 28.9 Å². The van der Waals surface area contributed by atoms with E-state index in [1.807, 2.05) is 0 Å². The van der Waals surface area contributed by atoms with Crippen LogP contribution in [0.25, 0.3) is 0 Å². The summed E-state index contributed by atoms with van der Waals surface area (Å²) in [7, 11) is 0. The SMILES string of the molecule is CC(NC(=O)c1cc(O)cc(O)c1)c1ccc(Cl)cc1Cl. The number of rotatable bonds is 3. The Bertz CT molecular complexity index is 668. The van der Waals surface area contributed by atoms with Gasteiger partial charge in [0.2, 0.25) is 0 Å². The maximum atomic E-state index is 12.1. The van der Waals surface area contributed by atoms with Crippen LogP contribution in [0.15, 0.2) is 36.4 Å². The molecule has 0 spiro atoms. The van der Waals surface area contributed by atoms with Gasteiger partial charge < -0.3 is 15.5 Å². The first-order valence-corrected chi connectivity index (χ1v) is 6.91. The van der Waals surface area contributed by atoms with Crippen LogP contribution < -0.4 is 5.32 Å². The lowest BCUT2D eigenvalue weighted by molar-refractivity contribution is 0.0939. The Balaban J connectivity index is 2.18. The molecule has 2 aromatic carbocycles. The molecule has 0 saturated heterocycles. The van der Waals surface area contributed by atoms with Crippen molar-refractivity contribution in [2.45, 2.75) is 13.0 Å². The number of hydrogen-bond acceptors (Lipinski definition) is 3. The average Bonchev–Trinajstić information content (AvgIpc) is 2.37. The van der Waals surface area contributed by atoms with Gasteiger partial charge in [0.1, 0.15) is 11.5 Å². The topological polar surface area (TPSA) is 69.6 Å². The van der Waals surface area contributed by atoms with E-state index in [0.717, 1.165) is 11.6 Å². The molecular weight excluding hydrogens is 313 g/mol. The number of carbonyl (C=O) groups excluding carboxylic acids is 1. The zero-order valence-corrected chi connectivity index (χ0v) is 12.6. The highest BCUT2D eigenvalue weighted by Gasteiger charge is 2.15. The molecule has 0 fully saturated rings. The largest absolute Gasteiger partial charge is 0.508 e. The van der Waals surface area contributed by atoms with Crippen molar-refractivity contribution in [1.82, 2.24) is 5.32 Å². The van der Waals surface area contributed by atoms with Crippen LogP contribution in [0, 0.1) is 0 Å². The normalized spacial score (nSPS) is 12.0. The van der Waals surface area contributed by atoms with Gasteiger partial charge in [0.15, 0.2) is 0 Å². The first-order chi connectivity index (χ1) is 9.86. The number of phenolic OH excluding ortho intramolecular Hbond substituents is 2. The van der Waals surface area contributed by atoms with Crippen molar-refractivity contribution in [1.29, 1.82) is 0 Å². The summed E-state index contributed by atoms with van der Waals surface area (Å²) in [5.41, 5.74) is 0.878. The molecule has 21 heavy (non-hydrogen) atoms. The fraction of sp³-hybridized carbons (Fsp3) is 0.133. The standard InChI is InChI=1S/C15H13Cl2NO3/c1-8(13-3-2-10(16)6-14(13)17)18-15(21)9-4-11(19)7-12(20)5-9/h2-8,19-20H,1H3,(H,18,21). The van der Waals surface area contributed by atoms with E-state index in [4.69, 9.17) is 23.2 Å². The van der Waals surface area contributed by atoms with E-state index < -0.39 is 5.91 Å². The van der Waals surface area contributed by atoms with Gasteiger partial charge in [-0.3, -0.25) is 4.79 Å². The molecule has 0 heterocycles. The summed E-state index contributed by atoms with van der Waals surface area (Å²) < 4.78 is 0. The smallest absolute Gasteiger partial charge is 0.252 e. The second kappa shape index (κ2) is 6.24. The molecule has 2 aromatic rings. The molecule has 3 N–H and O–H groups in total. The highest BCUT2D eigenvalue weighted by atomic mass is 35.5. The summed E-state index contributed by atoms with van der Waals surface area (Å²) in [4.78, 5) is 12.1. The maximum absolute atomic E-state index is 12.1. The Morgan fingerprint density at radius 3 is 2.29 bits per heavy atom. The zero-order valence-electron chi connectivity index (χ0n) is 11.1. The number of phenols is 2. The lowest BCUT2D eigenvalue weighted by Gasteiger charge is -2.16. The van der Waals surface area contributed by atoms with Crippen LogP contribution in [-0.4, -0.2) is 16.1 Å². The van der Waals surface area contributed by atoms with Crippen LogP contribution in [0.3, 0.4) is 0 Å². The highest BCUT2D eigenvalue weighted by Crippen LogP contribution is 2.27. The summed E-state index contributed by atoms with van der Waals surface area (Å²) >= 11 is 11.9. The maximum Gasteiger partial charge on any atom is 0.252 e. The molecule has 4 nitrogen and oxygen atoms in total. The van der Waals surface area contributed by atoms with Gasteiger partial charge >= 0.3 is 0 Å². The van der Waals surface area contributed by atoms with Gasteiger partial charge in [-0.25, -0.2) is 0 Å². The third kappa shape index (κ3) is 3.80. The summed E-state index contributed by atoms with van der Waals surface area (Å²) in [5, 5.41) is 22.5. The molecular formula is C15H13Cl2NO3. The van der Waals surface area contributed by atoms with Crippen LogP contribution in [0.4, 0.5) is 0 Å². The fourth-order valence-electron chi connectivity index (χ4n) is 1.94. The van der Waals surface area contributed by atoms with Gasteiger partial charge in [0.05, 0.1) is 6.04 Å². The lowest BCUT2D eigenvalue weighted by atomic mass is 10.1. The molecule has 0 aliphatic heterocycles. The number of hydrogen-bond donors (Lipinski definition) is 3. The molecule has 110 valence electrons. The summed E-state index contributed by atoms with van der Waals surface area (Å²) in [6, 6.07) is 8.35. The number of nitrogens with one attached hydrogen (secondary N) is 1. The summed E-state index contributed by atoms with van der Waals surface area (Å²) in [5.74, 6) is -0.797. The lowest BCUT2D eigenvalue weighted by Crippen LogP contribution is -2.26. The second-order valence-corrected chi connectivity index (χ2v) is 5.44. The molecule has 0 saturated carbocycles. The summed E-state index contributed by atoms with van der Waals surface area (Å²) in [6.07, 6.45) is 0. The molecule has 6 heteroatoms. The quantitative estimate of drug-likeness (QED) is 0.801. The first kappa shape index (κ1) is 15.5. The van der Waals surface area contributed by atoms with Crippen molar-refractivity contribution in [2.24, 2.45) is 0 Å². The Hall–Kier alpha value is -1.91. The Labute approximate surface area is 131 Å². The van der Waals surface area contributed by atoms with E-state index in [1.165, 1.54) is 12.1 Å². The van der Waals surface area contributed by atoms with Crippen molar-refractivity contribution < 1.29 is 15.0 Å². The van der Waals surface area contributed by atoms with Crippen LogP contribution >= 0.6 is 23.2 Å². The highest BCUT2D eigenvalue weighted by molar-refractivity contribution is 6.35. The molecule has 0 aliphatic carbocycles. The fourth-order valence-corrected chi connectivity index (χ4v) is 2.51. The van der Waals surface area contributed by atoms with Gasteiger partial charge in [-0.2, -0.15) is 0 Å². The van der Waals surface area contributed by atoms with Crippen molar-refractivity contribution in [2.75, 3.05) is 0 Å². The first-order valence-electron chi connectivity index (χ1n) is 6.15. The minimum atomic E-state index is -0.431. The van der Waals surface area contributed by atoms with E-state index in [0.29, 0.717) is 10.0 Å². The zero-order chi connectivity index (χ0) is 15.6. The molecule has 0 aliphatic rings. The summed E-state index contributed by atoms with van der Waals surface area (Å²) in [6.45, 7) is 1.77. The predicted octanol–water partition coefficient (Wildman–Crippen LogP) is 3.90. The van der Waals surface area contributed by atoms with Gasteiger partial charge in [-0.05, 0) is 36.8 Å². The van der Waals surface area contributed by atoms with Gasteiger partial charge in [0.25, 0.3) is 5.91 Å². The molecule has 0 bridgehead atoms. The second-order valence-electron chi connectivity index (χ2n) is 4.60. The third-order valence-corrected chi connectivity index (χ3v) is 3.50. The molecule has 1 atom stereocenters. The number of halogens is 2. The number of amides is 1. The van der Waals surface area contributed by atoms with Gasteiger partial charge in [-0.1, -0.05) is 29.3 Å². The Kier molecular flexibility index (Phi) is 4.60. The number of benzene rings is 2. The van der Waals surface area contributed by atoms with Crippen LogP contribution in [0.2, 0.25) is 10.0 Å². The Morgan fingerprint density at radius 2 is 1.71 bits per heavy atom. The van der Waals surface area contributed by atoms with Gasteiger partial charge in [0, 0.05) is 21.7 Å². The Morgan fingerprint density at radius 1 is 1.10 bits per heavy atom. The van der Waals surface area contributed by atoms with E-state index >= 15 is 0 Å². The van der Waals surface area contributed by atoms with Crippen LogP contribution in [-0.2, 0) is 0 Å². The molecule has 1 amide bonds. The number of carbonyl (C=O) groups is 1.